The van der Waals surface area contributed by atoms with Crippen LogP contribution in [-0.2, 0) is 0 Å². The van der Waals surface area contributed by atoms with Crippen LogP contribution < -0.4 is 0 Å². The molecule has 1 rings (SSSR count). The normalized spacial score (nSPS) is 26.5. The van der Waals surface area contributed by atoms with Gasteiger partial charge in [0.2, 0.25) is 0 Å². The molecule has 0 saturated heterocycles. The molecule has 1 aliphatic rings. The number of aliphatic hydroxyl groups is 1. The van der Waals surface area contributed by atoms with E-state index in [1.807, 2.05) is 0 Å². The van der Waals surface area contributed by atoms with Crippen molar-refractivity contribution in [3.05, 3.63) is 11.6 Å². The van der Waals surface area contributed by atoms with Gasteiger partial charge in [-0.1, -0.05) is 0 Å². The van der Waals surface area contributed by atoms with Gasteiger partial charge in [0.1, 0.15) is 0 Å². The van der Waals surface area contributed by atoms with Crippen molar-refractivity contribution in [2.24, 2.45) is 0 Å². The van der Waals surface area contributed by atoms with Crippen LogP contribution in [-0.4, -0.2) is 17.4 Å². The second-order valence-electron chi connectivity index (χ2n) is 2.65. The van der Waals surface area contributed by atoms with Crippen LogP contribution >= 0.6 is 0 Å². The molecular weight excluding hydrogens is 157 g/mol. The molecule has 1 aliphatic carbocycles. The Labute approximate surface area is 62.5 Å². The van der Waals surface area contributed by atoms with E-state index in [0.717, 1.165) is 6.08 Å². The SMILES string of the molecule is OC1C=C(C(F)(F)F)CCC1. The van der Waals surface area contributed by atoms with Gasteiger partial charge in [-0.15, -0.1) is 0 Å². The monoisotopic (exact) mass is 166 g/mol. The first-order valence-electron chi connectivity index (χ1n) is 3.46. The Morgan fingerprint density at radius 2 is 2.09 bits per heavy atom. The molecule has 0 aromatic carbocycles. The van der Waals surface area contributed by atoms with Crippen molar-refractivity contribution in [2.45, 2.75) is 31.5 Å². The highest BCUT2D eigenvalue weighted by Crippen LogP contribution is 2.32. The highest BCUT2D eigenvalue weighted by Gasteiger charge is 2.34. The molecule has 0 aromatic rings. The van der Waals surface area contributed by atoms with E-state index in [1.165, 1.54) is 0 Å². The molecule has 0 saturated carbocycles. The summed E-state index contributed by atoms with van der Waals surface area (Å²) < 4.78 is 35.8. The molecular formula is C7H9F3O. The Morgan fingerprint density at radius 3 is 2.45 bits per heavy atom. The summed E-state index contributed by atoms with van der Waals surface area (Å²) in [5.74, 6) is 0. The topological polar surface area (TPSA) is 20.2 Å². The number of aliphatic hydroxyl groups excluding tert-OH is 1. The predicted octanol–water partition coefficient (Wildman–Crippen LogP) is 2.02. The first-order valence-corrected chi connectivity index (χ1v) is 3.46. The molecule has 0 aromatic heterocycles. The van der Waals surface area contributed by atoms with Crippen LogP contribution in [0.3, 0.4) is 0 Å². The summed E-state index contributed by atoms with van der Waals surface area (Å²) in [4.78, 5) is 0. The Bertz CT molecular complexity index is 171. The van der Waals surface area contributed by atoms with Crippen molar-refractivity contribution < 1.29 is 18.3 Å². The van der Waals surface area contributed by atoms with E-state index in [1.54, 1.807) is 0 Å². The summed E-state index contributed by atoms with van der Waals surface area (Å²) in [5, 5.41) is 8.87. The summed E-state index contributed by atoms with van der Waals surface area (Å²) >= 11 is 0. The summed E-state index contributed by atoms with van der Waals surface area (Å²) in [6.07, 6.45) is -3.34. The number of alkyl halides is 3. The van der Waals surface area contributed by atoms with Crippen molar-refractivity contribution in [3.63, 3.8) is 0 Å². The zero-order valence-corrected chi connectivity index (χ0v) is 5.86. The zero-order valence-electron chi connectivity index (χ0n) is 5.86. The second kappa shape index (κ2) is 2.85. The van der Waals surface area contributed by atoms with Crippen molar-refractivity contribution in [1.29, 1.82) is 0 Å². The van der Waals surface area contributed by atoms with Crippen LogP contribution in [0.2, 0.25) is 0 Å². The maximum atomic E-state index is 11.9. The van der Waals surface area contributed by atoms with E-state index in [2.05, 4.69) is 0 Å². The van der Waals surface area contributed by atoms with Crippen molar-refractivity contribution in [2.75, 3.05) is 0 Å². The maximum Gasteiger partial charge on any atom is 0.412 e. The molecule has 1 N–H and O–H groups in total. The van der Waals surface area contributed by atoms with E-state index in [4.69, 9.17) is 5.11 Å². The molecule has 0 radical (unpaired) electrons. The summed E-state index contributed by atoms with van der Waals surface area (Å²) in [6.45, 7) is 0. The largest absolute Gasteiger partial charge is 0.412 e. The number of hydrogen-bond acceptors (Lipinski definition) is 1. The van der Waals surface area contributed by atoms with Crippen LogP contribution in [0.1, 0.15) is 19.3 Å². The Balaban J connectivity index is 2.71. The molecule has 0 spiro atoms. The van der Waals surface area contributed by atoms with Crippen LogP contribution in [0.5, 0.6) is 0 Å². The van der Waals surface area contributed by atoms with Gasteiger partial charge in [0.15, 0.2) is 0 Å². The molecule has 0 bridgehead atoms. The average molecular weight is 166 g/mol. The fourth-order valence-electron chi connectivity index (χ4n) is 1.14. The van der Waals surface area contributed by atoms with Gasteiger partial charge in [0.05, 0.1) is 6.10 Å². The molecule has 1 nitrogen and oxygen atoms in total. The molecule has 0 amide bonds. The third kappa shape index (κ3) is 2.22. The smallest absolute Gasteiger partial charge is 0.389 e. The molecule has 11 heavy (non-hydrogen) atoms. The summed E-state index contributed by atoms with van der Waals surface area (Å²) in [5.41, 5.74) is -0.587. The molecule has 1 unspecified atom stereocenters. The van der Waals surface area contributed by atoms with Crippen molar-refractivity contribution in [1.82, 2.24) is 0 Å². The lowest BCUT2D eigenvalue weighted by Crippen LogP contribution is -2.19. The zero-order chi connectivity index (χ0) is 8.48. The highest BCUT2D eigenvalue weighted by molar-refractivity contribution is 5.13. The van der Waals surface area contributed by atoms with Gasteiger partial charge in [-0.3, -0.25) is 0 Å². The van der Waals surface area contributed by atoms with Crippen LogP contribution in [0, 0.1) is 0 Å². The minimum atomic E-state index is -4.25. The third-order valence-corrected chi connectivity index (χ3v) is 1.70. The molecule has 4 heteroatoms. The predicted molar refractivity (Wildman–Crippen MR) is 34.0 cm³/mol. The summed E-state index contributed by atoms with van der Waals surface area (Å²) in [7, 11) is 0. The van der Waals surface area contributed by atoms with Gasteiger partial charge in [-0.2, -0.15) is 13.2 Å². The first-order chi connectivity index (χ1) is 5.00. The fourth-order valence-corrected chi connectivity index (χ4v) is 1.14. The lowest BCUT2D eigenvalue weighted by molar-refractivity contribution is -0.0963. The Hall–Kier alpha value is -0.510. The first kappa shape index (κ1) is 8.59. The third-order valence-electron chi connectivity index (χ3n) is 1.70. The van der Waals surface area contributed by atoms with E-state index < -0.39 is 17.9 Å². The number of rotatable bonds is 0. The Morgan fingerprint density at radius 1 is 1.45 bits per heavy atom. The molecule has 64 valence electrons. The van der Waals surface area contributed by atoms with Crippen molar-refractivity contribution >= 4 is 0 Å². The fraction of sp³-hybridized carbons (Fsp3) is 0.714. The highest BCUT2D eigenvalue weighted by atomic mass is 19.4. The van der Waals surface area contributed by atoms with E-state index in [0.29, 0.717) is 12.8 Å². The van der Waals surface area contributed by atoms with E-state index in [9.17, 15) is 13.2 Å². The van der Waals surface area contributed by atoms with Gasteiger partial charge in [0, 0.05) is 5.57 Å². The molecule has 1 atom stereocenters. The average Bonchev–Trinajstić information content (AvgIpc) is 1.86. The molecule has 0 fully saturated rings. The minimum absolute atomic E-state index is 0.0422. The lowest BCUT2D eigenvalue weighted by Gasteiger charge is -2.18. The number of allylic oxidation sites excluding steroid dienone is 1. The van der Waals surface area contributed by atoms with Gasteiger partial charge >= 0.3 is 6.18 Å². The van der Waals surface area contributed by atoms with Crippen LogP contribution in [0.15, 0.2) is 11.6 Å². The lowest BCUT2D eigenvalue weighted by atomic mass is 9.97. The number of hydrogen-bond donors (Lipinski definition) is 1. The second-order valence-corrected chi connectivity index (χ2v) is 2.65. The van der Waals surface area contributed by atoms with Gasteiger partial charge in [0.25, 0.3) is 0 Å². The minimum Gasteiger partial charge on any atom is -0.389 e. The van der Waals surface area contributed by atoms with Gasteiger partial charge in [-0.25, -0.2) is 0 Å². The number of halogens is 3. The quantitative estimate of drug-likeness (QED) is 0.546. The van der Waals surface area contributed by atoms with Gasteiger partial charge in [-0.05, 0) is 25.3 Å². The van der Waals surface area contributed by atoms with Crippen LogP contribution in [0.25, 0.3) is 0 Å². The van der Waals surface area contributed by atoms with Gasteiger partial charge < -0.3 is 5.11 Å². The van der Waals surface area contributed by atoms with Crippen LogP contribution in [0.4, 0.5) is 13.2 Å². The molecule has 0 heterocycles. The maximum absolute atomic E-state index is 11.9. The van der Waals surface area contributed by atoms with Crippen molar-refractivity contribution in [3.8, 4) is 0 Å². The molecule has 0 aliphatic heterocycles. The Kier molecular flexibility index (Phi) is 2.23. The van der Waals surface area contributed by atoms with E-state index in [-0.39, 0.29) is 6.42 Å². The van der Waals surface area contributed by atoms with E-state index >= 15 is 0 Å². The standard InChI is InChI=1S/C7H9F3O/c8-7(9,10)5-2-1-3-6(11)4-5/h4,6,11H,1-3H2. The summed E-state index contributed by atoms with van der Waals surface area (Å²) in [6, 6.07) is 0.